The van der Waals surface area contributed by atoms with E-state index >= 15 is 0 Å². The quantitative estimate of drug-likeness (QED) is 0.463. The highest BCUT2D eigenvalue weighted by molar-refractivity contribution is 7.15. The molecule has 0 bridgehead atoms. The Hall–Kier alpha value is -3.32. The number of anilines is 1. The Morgan fingerprint density at radius 1 is 1.03 bits per heavy atom. The van der Waals surface area contributed by atoms with Gasteiger partial charge in [-0.05, 0) is 29.8 Å². The molecule has 0 radical (unpaired) electrons. The molecule has 29 heavy (non-hydrogen) atoms. The number of halogens is 1. The van der Waals surface area contributed by atoms with Crippen LogP contribution < -0.4 is 5.32 Å². The minimum Gasteiger partial charge on any atom is -0.441 e. The van der Waals surface area contributed by atoms with Crippen LogP contribution >= 0.6 is 11.3 Å². The summed E-state index contributed by atoms with van der Waals surface area (Å²) < 4.78 is 18.7. The number of nitrogens with zero attached hydrogens (tertiary/aromatic N) is 2. The summed E-state index contributed by atoms with van der Waals surface area (Å²) in [5.41, 5.74) is 1.94. The van der Waals surface area contributed by atoms with Crippen molar-refractivity contribution in [2.24, 2.45) is 0 Å². The summed E-state index contributed by atoms with van der Waals surface area (Å²) in [6, 6.07) is 16.1. The maximum atomic E-state index is 13.0. The molecular weight excluding hydrogens is 389 g/mol. The Labute approximate surface area is 171 Å². The molecule has 0 saturated heterocycles. The highest BCUT2D eigenvalue weighted by Crippen LogP contribution is 2.23. The van der Waals surface area contributed by atoms with E-state index in [9.17, 15) is 9.18 Å². The van der Waals surface area contributed by atoms with Gasteiger partial charge < -0.3 is 9.73 Å². The highest BCUT2D eigenvalue weighted by atomic mass is 32.1. The van der Waals surface area contributed by atoms with Gasteiger partial charge in [-0.2, -0.15) is 0 Å². The maximum absolute atomic E-state index is 13.0. The van der Waals surface area contributed by atoms with E-state index in [0.29, 0.717) is 23.2 Å². The Morgan fingerprint density at radius 2 is 1.83 bits per heavy atom. The van der Waals surface area contributed by atoms with Gasteiger partial charge >= 0.3 is 0 Å². The summed E-state index contributed by atoms with van der Waals surface area (Å²) in [6.07, 6.45) is 4.76. The topological polar surface area (TPSA) is 68.0 Å². The Bertz CT molecular complexity index is 1090. The molecule has 0 aliphatic heterocycles. The molecule has 7 heteroatoms. The van der Waals surface area contributed by atoms with Crippen molar-refractivity contribution in [2.75, 3.05) is 5.32 Å². The van der Waals surface area contributed by atoms with Crippen LogP contribution in [0.2, 0.25) is 0 Å². The molecule has 0 saturated carbocycles. The standard InChI is InChI=1S/C22H18FN3O2S/c23-17-8-6-16(7-9-17)19-14-24-21(28-19)11-10-20(27)26-22-25-13-18(29-22)12-15-4-2-1-3-5-15/h1-9,13-14H,10-12H2,(H,25,26,27). The second-order valence-corrected chi connectivity index (χ2v) is 7.58. The molecule has 0 unspecified atom stereocenters. The predicted octanol–water partition coefficient (Wildman–Crippen LogP) is 5.10. The van der Waals surface area contributed by atoms with Crippen LogP contribution in [0.15, 0.2) is 71.4 Å². The van der Waals surface area contributed by atoms with Crippen molar-refractivity contribution in [3.05, 3.63) is 89.1 Å². The average Bonchev–Trinajstić information content (AvgIpc) is 3.37. The largest absolute Gasteiger partial charge is 0.441 e. The zero-order valence-electron chi connectivity index (χ0n) is 15.5. The van der Waals surface area contributed by atoms with Crippen LogP contribution in [0.3, 0.4) is 0 Å². The number of carbonyl (C=O) groups excluding carboxylic acids is 1. The number of rotatable bonds is 7. The molecule has 0 fully saturated rings. The van der Waals surface area contributed by atoms with Crippen LogP contribution in [0, 0.1) is 5.82 Å². The molecule has 2 aromatic carbocycles. The molecule has 0 spiro atoms. The van der Waals surface area contributed by atoms with Crippen LogP contribution in [0.1, 0.15) is 22.8 Å². The smallest absolute Gasteiger partial charge is 0.226 e. The summed E-state index contributed by atoms with van der Waals surface area (Å²) in [7, 11) is 0. The minimum atomic E-state index is -0.306. The van der Waals surface area contributed by atoms with Gasteiger partial charge in [-0.3, -0.25) is 4.79 Å². The van der Waals surface area contributed by atoms with E-state index in [2.05, 4.69) is 27.4 Å². The van der Waals surface area contributed by atoms with E-state index < -0.39 is 0 Å². The highest BCUT2D eigenvalue weighted by Gasteiger charge is 2.11. The Morgan fingerprint density at radius 3 is 2.62 bits per heavy atom. The molecule has 4 rings (SSSR count). The lowest BCUT2D eigenvalue weighted by atomic mass is 10.1. The second-order valence-electron chi connectivity index (χ2n) is 6.47. The van der Waals surface area contributed by atoms with Gasteiger partial charge in [-0.15, -0.1) is 11.3 Å². The number of aryl methyl sites for hydroxylation is 1. The molecule has 5 nitrogen and oxygen atoms in total. The van der Waals surface area contributed by atoms with E-state index in [1.807, 2.05) is 18.2 Å². The third-order valence-corrected chi connectivity index (χ3v) is 5.18. The van der Waals surface area contributed by atoms with Crippen molar-refractivity contribution >= 4 is 22.4 Å². The normalized spacial score (nSPS) is 10.8. The maximum Gasteiger partial charge on any atom is 0.226 e. The number of amides is 1. The number of aromatic nitrogens is 2. The summed E-state index contributed by atoms with van der Waals surface area (Å²) in [4.78, 5) is 21.8. The molecular formula is C22H18FN3O2S. The first-order valence-electron chi connectivity index (χ1n) is 9.15. The zero-order chi connectivity index (χ0) is 20.1. The van der Waals surface area contributed by atoms with E-state index in [1.54, 1.807) is 24.5 Å². The summed E-state index contributed by atoms with van der Waals surface area (Å²) >= 11 is 1.47. The first kappa shape index (κ1) is 19.0. The Balaban J connectivity index is 1.29. The number of benzene rings is 2. The van der Waals surface area contributed by atoms with Crippen molar-refractivity contribution in [3.63, 3.8) is 0 Å². The van der Waals surface area contributed by atoms with E-state index in [-0.39, 0.29) is 18.1 Å². The van der Waals surface area contributed by atoms with Crippen molar-refractivity contribution in [1.82, 2.24) is 9.97 Å². The molecule has 1 N–H and O–H groups in total. The molecule has 0 aliphatic carbocycles. The second kappa shape index (κ2) is 8.79. The fourth-order valence-corrected chi connectivity index (χ4v) is 3.68. The Kier molecular flexibility index (Phi) is 5.76. The lowest BCUT2D eigenvalue weighted by molar-refractivity contribution is -0.116. The van der Waals surface area contributed by atoms with Gasteiger partial charge in [0.1, 0.15) is 5.82 Å². The van der Waals surface area contributed by atoms with Gasteiger partial charge in [-0.25, -0.2) is 14.4 Å². The molecule has 0 atom stereocenters. The number of carbonyl (C=O) groups is 1. The number of hydrogen-bond acceptors (Lipinski definition) is 5. The van der Waals surface area contributed by atoms with Crippen molar-refractivity contribution in [2.45, 2.75) is 19.3 Å². The van der Waals surface area contributed by atoms with Crippen molar-refractivity contribution < 1.29 is 13.6 Å². The first-order valence-corrected chi connectivity index (χ1v) is 9.96. The zero-order valence-corrected chi connectivity index (χ0v) is 16.3. The summed E-state index contributed by atoms with van der Waals surface area (Å²) in [6.45, 7) is 0. The summed E-state index contributed by atoms with van der Waals surface area (Å²) in [5, 5.41) is 3.40. The lowest BCUT2D eigenvalue weighted by Gasteiger charge is -2.00. The van der Waals surface area contributed by atoms with Gasteiger partial charge in [0.2, 0.25) is 5.91 Å². The van der Waals surface area contributed by atoms with Gasteiger partial charge in [0.15, 0.2) is 16.8 Å². The van der Waals surface area contributed by atoms with E-state index in [4.69, 9.17) is 4.42 Å². The van der Waals surface area contributed by atoms with Crippen molar-refractivity contribution in [3.8, 4) is 11.3 Å². The molecule has 2 aromatic heterocycles. The average molecular weight is 407 g/mol. The minimum absolute atomic E-state index is 0.146. The number of nitrogens with one attached hydrogen (secondary N) is 1. The number of oxazole rings is 1. The van der Waals surface area contributed by atoms with E-state index in [0.717, 1.165) is 16.9 Å². The monoisotopic (exact) mass is 407 g/mol. The SMILES string of the molecule is O=C(CCc1ncc(-c2ccc(F)cc2)o1)Nc1ncc(Cc2ccccc2)s1. The lowest BCUT2D eigenvalue weighted by Crippen LogP contribution is -2.12. The molecule has 1 amide bonds. The fraction of sp³-hybridized carbons (Fsp3) is 0.136. The first-order chi connectivity index (χ1) is 14.2. The predicted molar refractivity (Wildman–Crippen MR) is 110 cm³/mol. The molecule has 146 valence electrons. The van der Waals surface area contributed by atoms with Crippen LogP contribution in [-0.4, -0.2) is 15.9 Å². The number of thiazole rings is 1. The molecule has 0 aliphatic rings. The van der Waals surface area contributed by atoms with Gasteiger partial charge in [0, 0.05) is 35.9 Å². The van der Waals surface area contributed by atoms with Crippen LogP contribution in [0.5, 0.6) is 0 Å². The van der Waals surface area contributed by atoms with Crippen LogP contribution in [0.4, 0.5) is 9.52 Å². The van der Waals surface area contributed by atoms with Gasteiger partial charge in [0.25, 0.3) is 0 Å². The number of hydrogen-bond donors (Lipinski definition) is 1. The fourth-order valence-electron chi connectivity index (χ4n) is 2.82. The van der Waals surface area contributed by atoms with Crippen molar-refractivity contribution in [1.29, 1.82) is 0 Å². The van der Waals surface area contributed by atoms with Gasteiger partial charge in [0.05, 0.1) is 6.20 Å². The van der Waals surface area contributed by atoms with Crippen LogP contribution in [0.25, 0.3) is 11.3 Å². The van der Waals surface area contributed by atoms with Gasteiger partial charge in [-0.1, -0.05) is 30.3 Å². The van der Waals surface area contributed by atoms with Crippen LogP contribution in [-0.2, 0) is 17.6 Å². The van der Waals surface area contributed by atoms with E-state index in [1.165, 1.54) is 29.0 Å². The molecule has 2 heterocycles. The summed E-state index contributed by atoms with van der Waals surface area (Å²) in [5.74, 6) is 0.556. The third-order valence-electron chi connectivity index (χ3n) is 4.27. The molecule has 4 aromatic rings. The third kappa shape index (κ3) is 5.14.